The second-order valence-electron chi connectivity index (χ2n) is 10.8. The van der Waals surface area contributed by atoms with Gasteiger partial charge in [0, 0.05) is 55.6 Å². The van der Waals surface area contributed by atoms with Gasteiger partial charge < -0.3 is 19.3 Å². The molecule has 0 bridgehead atoms. The fourth-order valence-electron chi connectivity index (χ4n) is 5.79. The van der Waals surface area contributed by atoms with Crippen molar-refractivity contribution in [3.05, 3.63) is 92.7 Å². The Bertz CT molecular complexity index is 1570. The van der Waals surface area contributed by atoms with E-state index in [1.54, 1.807) is 0 Å². The number of hydrogen-bond acceptors (Lipinski definition) is 7. The number of nitrogens with zero attached hydrogens (tertiary/aromatic N) is 3. The molecule has 12 heteroatoms. The van der Waals surface area contributed by atoms with Crippen LogP contribution >= 0.6 is 23.2 Å². The molecule has 0 spiro atoms. The molecule has 4 heterocycles. The van der Waals surface area contributed by atoms with Crippen molar-refractivity contribution >= 4 is 29.1 Å². The maximum Gasteiger partial charge on any atom is 0.257 e. The Morgan fingerprint density at radius 2 is 1.83 bits per heavy atom. The predicted molar refractivity (Wildman–Crippen MR) is 149 cm³/mol. The smallest absolute Gasteiger partial charge is 0.257 e. The summed E-state index contributed by atoms with van der Waals surface area (Å²) >= 11 is 12.2. The van der Waals surface area contributed by atoms with Gasteiger partial charge in [-0.2, -0.15) is 0 Å². The summed E-state index contributed by atoms with van der Waals surface area (Å²) in [5.74, 6) is -2.44. The molecule has 0 radical (unpaired) electrons. The van der Waals surface area contributed by atoms with Crippen molar-refractivity contribution in [1.82, 2.24) is 14.9 Å². The van der Waals surface area contributed by atoms with Gasteiger partial charge in [0.2, 0.25) is 5.72 Å². The minimum atomic E-state index is -2.81. The lowest BCUT2D eigenvalue weighted by molar-refractivity contribution is -0.149. The van der Waals surface area contributed by atoms with Gasteiger partial charge in [0.05, 0.1) is 38.1 Å². The van der Waals surface area contributed by atoms with Gasteiger partial charge in [0.25, 0.3) is 5.91 Å². The van der Waals surface area contributed by atoms with Crippen molar-refractivity contribution in [3.63, 3.8) is 0 Å². The number of alkyl halides is 1. The predicted octanol–water partition coefficient (Wildman–Crippen LogP) is 5.31. The number of aromatic nitrogens is 2. The van der Waals surface area contributed by atoms with Crippen molar-refractivity contribution < 1.29 is 35.6 Å². The second kappa shape index (κ2) is 11.1. The molecule has 1 N–H and O–H groups in total. The SMILES string of the molecule is [2H]C([2H])(c1ncc(Cl)cn1)N1C(=O)c2cc(C(C)(O)C3(F)CCOCC3)cc(F)c2[C@]1(O[C@H]1CCOC1)c1ccc(Cl)cc1. The topological polar surface area (TPSA) is 94.0 Å². The highest BCUT2D eigenvalue weighted by molar-refractivity contribution is 6.30. The molecule has 3 aromatic rings. The van der Waals surface area contributed by atoms with E-state index in [9.17, 15) is 12.6 Å². The van der Waals surface area contributed by atoms with E-state index in [1.165, 1.54) is 49.6 Å². The second-order valence-corrected chi connectivity index (χ2v) is 11.6. The molecule has 0 saturated carbocycles. The number of aliphatic hydroxyl groups is 1. The Morgan fingerprint density at radius 1 is 1.14 bits per heavy atom. The van der Waals surface area contributed by atoms with Crippen molar-refractivity contribution in [2.75, 3.05) is 26.4 Å². The third-order valence-electron chi connectivity index (χ3n) is 8.19. The van der Waals surface area contributed by atoms with Gasteiger partial charge in [-0.3, -0.25) is 9.69 Å². The molecular formula is C30H29Cl2F2N3O5. The standard InChI is InChI=1S/C30H29Cl2F2N3O5/c1-28(39,29(34)7-10-40-11-8-29)19-12-23-26(24(33)13-19)30(42-22-6-9-41-17-22,18-2-4-20(31)5-3-18)37(27(23)38)16-25-35-14-21(32)15-36-25/h2-5,12-15,22,39H,6-11,16-17H2,1H3/t22-,28?,30+/m0/s1/i16D2. The highest BCUT2D eigenvalue weighted by Crippen LogP contribution is 2.51. The van der Waals surface area contributed by atoms with E-state index >= 15 is 8.78 Å². The van der Waals surface area contributed by atoms with Crippen molar-refractivity contribution in [1.29, 1.82) is 0 Å². The Morgan fingerprint density at radius 3 is 2.48 bits per heavy atom. The molecule has 6 rings (SSSR count). The molecule has 2 fully saturated rings. The van der Waals surface area contributed by atoms with Crippen LogP contribution in [0.2, 0.25) is 10.0 Å². The highest BCUT2D eigenvalue weighted by atomic mass is 35.5. The van der Waals surface area contributed by atoms with Gasteiger partial charge in [-0.25, -0.2) is 18.7 Å². The van der Waals surface area contributed by atoms with E-state index in [-0.39, 0.29) is 59.9 Å². The Hall–Kier alpha value is -2.73. The summed E-state index contributed by atoms with van der Waals surface area (Å²) in [7, 11) is 0. The van der Waals surface area contributed by atoms with Crippen molar-refractivity contribution in [2.24, 2.45) is 0 Å². The molecule has 0 aliphatic carbocycles. The Balaban J connectivity index is 1.62. The maximum atomic E-state index is 16.8. The largest absolute Gasteiger partial charge is 0.382 e. The average Bonchev–Trinajstić information content (AvgIpc) is 3.59. The molecule has 2 aromatic carbocycles. The lowest BCUT2D eigenvalue weighted by Crippen LogP contribution is -2.50. The Kier molecular flexibility index (Phi) is 7.09. The molecule has 2 saturated heterocycles. The van der Waals surface area contributed by atoms with E-state index in [1.807, 2.05) is 0 Å². The number of fused-ring (bicyclic) bond motifs is 1. The first-order chi connectivity index (χ1) is 20.8. The number of benzene rings is 2. The molecule has 1 aromatic heterocycles. The summed E-state index contributed by atoms with van der Waals surface area (Å²) < 4.78 is 68.7. The lowest BCUT2D eigenvalue weighted by Gasteiger charge is -2.42. The van der Waals surface area contributed by atoms with Crippen LogP contribution in [0.5, 0.6) is 0 Å². The fraction of sp³-hybridized carbons (Fsp3) is 0.433. The third kappa shape index (κ3) is 4.88. The zero-order chi connectivity index (χ0) is 31.5. The molecule has 3 aliphatic rings. The first-order valence-corrected chi connectivity index (χ1v) is 14.2. The summed E-state index contributed by atoms with van der Waals surface area (Å²) in [6.45, 7) is -1.01. The molecule has 8 nitrogen and oxygen atoms in total. The van der Waals surface area contributed by atoms with Crippen LogP contribution in [-0.2, 0) is 32.0 Å². The number of hydrogen-bond donors (Lipinski definition) is 1. The van der Waals surface area contributed by atoms with Crippen LogP contribution in [0.25, 0.3) is 0 Å². The van der Waals surface area contributed by atoms with E-state index in [0.29, 0.717) is 18.1 Å². The van der Waals surface area contributed by atoms with Gasteiger partial charge in [-0.05, 0) is 43.2 Å². The first kappa shape index (κ1) is 26.9. The lowest BCUT2D eigenvalue weighted by atomic mass is 9.75. The van der Waals surface area contributed by atoms with Crippen LogP contribution < -0.4 is 0 Å². The van der Waals surface area contributed by atoms with Crippen LogP contribution in [0.1, 0.15) is 61.8 Å². The molecule has 1 unspecified atom stereocenters. The van der Waals surface area contributed by atoms with E-state index in [4.69, 9.17) is 37.4 Å². The monoisotopic (exact) mass is 621 g/mol. The maximum absolute atomic E-state index is 16.8. The number of ether oxygens (including phenoxy) is 3. The van der Waals surface area contributed by atoms with E-state index in [2.05, 4.69) is 9.97 Å². The van der Waals surface area contributed by atoms with Gasteiger partial charge in [-0.1, -0.05) is 35.3 Å². The first-order valence-electron chi connectivity index (χ1n) is 14.5. The van der Waals surface area contributed by atoms with Gasteiger partial charge in [0.1, 0.15) is 22.9 Å². The Labute approximate surface area is 254 Å². The third-order valence-corrected chi connectivity index (χ3v) is 8.64. The van der Waals surface area contributed by atoms with Crippen molar-refractivity contribution in [2.45, 2.75) is 55.8 Å². The van der Waals surface area contributed by atoms with E-state index in [0.717, 1.165) is 11.0 Å². The molecule has 222 valence electrons. The number of carbonyl (C=O) groups excluding carboxylic acids is 1. The zero-order valence-electron chi connectivity index (χ0n) is 24.6. The van der Waals surface area contributed by atoms with Crippen LogP contribution in [0.4, 0.5) is 8.78 Å². The number of rotatable bonds is 7. The zero-order valence-corrected chi connectivity index (χ0v) is 24.1. The summed E-state index contributed by atoms with van der Waals surface area (Å²) in [6.07, 6.45) is 1.77. The summed E-state index contributed by atoms with van der Waals surface area (Å²) in [6, 6.07) is 8.22. The number of carbonyl (C=O) groups is 1. The summed E-state index contributed by atoms with van der Waals surface area (Å²) in [5, 5.41) is 12.0. The number of halogens is 4. The minimum Gasteiger partial charge on any atom is -0.382 e. The fourth-order valence-corrected chi connectivity index (χ4v) is 6.02. The quantitative estimate of drug-likeness (QED) is 0.382. The van der Waals surface area contributed by atoms with Gasteiger partial charge in [-0.15, -0.1) is 0 Å². The summed E-state index contributed by atoms with van der Waals surface area (Å²) in [4.78, 5) is 23.3. The summed E-state index contributed by atoms with van der Waals surface area (Å²) in [5.41, 5.74) is -7.25. The molecule has 3 atom stereocenters. The molecule has 1 amide bonds. The average molecular weight is 622 g/mol. The van der Waals surface area contributed by atoms with E-state index < -0.39 is 47.1 Å². The normalized spacial score (nSPS) is 26.0. The molecule has 3 aliphatic heterocycles. The van der Waals surface area contributed by atoms with Crippen molar-refractivity contribution in [3.8, 4) is 0 Å². The molecule has 42 heavy (non-hydrogen) atoms. The van der Waals surface area contributed by atoms with Crippen LogP contribution in [0, 0.1) is 5.82 Å². The van der Waals surface area contributed by atoms with Crippen LogP contribution in [0.3, 0.4) is 0 Å². The highest BCUT2D eigenvalue weighted by Gasteiger charge is 2.57. The minimum absolute atomic E-state index is 0.0606. The van der Waals surface area contributed by atoms with Gasteiger partial charge in [0.15, 0.2) is 0 Å². The van der Waals surface area contributed by atoms with Crippen LogP contribution in [-0.4, -0.2) is 64.1 Å². The number of amides is 1. The van der Waals surface area contributed by atoms with Gasteiger partial charge >= 0.3 is 0 Å². The van der Waals surface area contributed by atoms with Crippen LogP contribution in [0.15, 0.2) is 48.8 Å². The molecular weight excluding hydrogens is 591 g/mol.